The fraction of sp³-hybridized carbons (Fsp3) is 0.674. The van der Waals surface area contributed by atoms with E-state index in [1.54, 1.807) is 18.2 Å². The number of anilines is 2. The summed E-state index contributed by atoms with van der Waals surface area (Å²) in [7, 11) is -8.74. The highest BCUT2D eigenvalue weighted by Gasteiger charge is 2.47. The molecule has 326 valence electrons. The van der Waals surface area contributed by atoms with Gasteiger partial charge in [-0.2, -0.15) is 16.8 Å². The Morgan fingerprint density at radius 1 is 0.672 bits per heavy atom. The molecule has 2 aliphatic rings. The van der Waals surface area contributed by atoms with Gasteiger partial charge in [-0.3, -0.25) is 18.7 Å². The van der Waals surface area contributed by atoms with E-state index in [2.05, 4.69) is 60.4 Å². The third kappa shape index (κ3) is 12.2. The highest BCUT2D eigenvalue weighted by atomic mass is 32.2. The first-order valence-corrected chi connectivity index (χ1v) is 23.9. The number of hydrogen-bond acceptors (Lipinski definition) is 9. The van der Waals surface area contributed by atoms with Crippen LogP contribution in [-0.2, 0) is 40.7 Å². The number of carbonyl (C=O) groups excluding carboxylic acids is 2. The Balaban J connectivity index is 1.29. The molecule has 2 heterocycles. The van der Waals surface area contributed by atoms with E-state index >= 15 is 0 Å². The van der Waals surface area contributed by atoms with Crippen molar-refractivity contribution in [1.82, 2.24) is 16.0 Å². The molecule has 5 N–H and O–H groups in total. The number of benzene rings is 2. The maximum Gasteiger partial charge on any atom is 0.294 e. The molecular formula is C43H69N5O8S2. The van der Waals surface area contributed by atoms with Gasteiger partial charge < -0.3 is 25.8 Å². The van der Waals surface area contributed by atoms with Gasteiger partial charge in [0, 0.05) is 72.4 Å². The van der Waals surface area contributed by atoms with Crippen molar-refractivity contribution in [3.8, 4) is 0 Å². The maximum atomic E-state index is 12.6. The number of unbranched alkanes of at least 4 members (excludes halogenated alkanes) is 5. The second kappa shape index (κ2) is 19.4. The fourth-order valence-corrected chi connectivity index (χ4v) is 9.88. The van der Waals surface area contributed by atoms with E-state index in [4.69, 9.17) is 0 Å². The zero-order valence-corrected chi connectivity index (χ0v) is 37.6. The molecule has 0 aromatic heterocycles. The Morgan fingerprint density at radius 3 is 1.79 bits per heavy atom. The quantitative estimate of drug-likeness (QED) is 0.0624. The van der Waals surface area contributed by atoms with Gasteiger partial charge in [-0.05, 0) is 114 Å². The first-order chi connectivity index (χ1) is 27.0. The SMILES string of the molecule is CCN1c2ccc(S(=O)(=O)O)cc2C(C)(C)C1CCCC1N(CCCCCC(=O)NCCCCCCNC(=O)CNC(C)(C)C)c2cc(S(=O)(=O)O)ccc2C1(C)C. The van der Waals surface area contributed by atoms with Gasteiger partial charge in [0.25, 0.3) is 20.2 Å². The first kappa shape index (κ1) is 47.4. The van der Waals surface area contributed by atoms with Gasteiger partial charge in [-0.25, -0.2) is 0 Å². The summed E-state index contributed by atoms with van der Waals surface area (Å²) in [6.45, 7) is 19.8. The van der Waals surface area contributed by atoms with E-state index in [0.29, 0.717) is 32.6 Å². The summed E-state index contributed by atoms with van der Waals surface area (Å²) < 4.78 is 68.1. The van der Waals surface area contributed by atoms with Crippen molar-refractivity contribution in [2.45, 2.75) is 164 Å². The second-order valence-corrected chi connectivity index (χ2v) is 21.1. The van der Waals surface area contributed by atoms with Crippen LogP contribution in [0.4, 0.5) is 11.4 Å². The Kier molecular flexibility index (Phi) is 15.9. The third-order valence-corrected chi connectivity index (χ3v) is 13.8. The van der Waals surface area contributed by atoms with Gasteiger partial charge >= 0.3 is 0 Å². The zero-order valence-electron chi connectivity index (χ0n) is 36.0. The van der Waals surface area contributed by atoms with Gasteiger partial charge in [0.2, 0.25) is 11.8 Å². The summed E-state index contributed by atoms with van der Waals surface area (Å²) in [5.74, 6) is 0.0375. The molecular weight excluding hydrogens is 779 g/mol. The van der Waals surface area contributed by atoms with Crippen LogP contribution in [0.3, 0.4) is 0 Å². The van der Waals surface area contributed by atoms with Crippen LogP contribution in [0.5, 0.6) is 0 Å². The van der Waals surface area contributed by atoms with Gasteiger partial charge in [0.05, 0.1) is 16.3 Å². The van der Waals surface area contributed by atoms with Gasteiger partial charge in [-0.15, -0.1) is 0 Å². The van der Waals surface area contributed by atoms with Crippen LogP contribution >= 0.6 is 0 Å². The zero-order chi connectivity index (χ0) is 43.1. The number of carbonyl (C=O) groups is 2. The standard InChI is InChI=1S/C43H69N5O8S2/c1-9-47-35-24-22-31(57(51,52)53)28-34(35)43(7,8)37(47)18-17-19-38-42(5,6)33-23-21-32(58(54,55)56)29-36(33)48(38)27-16-12-13-20-39(49)44-25-14-10-11-15-26-45-40(50)30-46-41(2,3)4/h21-24,28-29,37-38,46H,9-20,25-27,30H2,1-8H3,(H,44,49)(H,45,50)(H,51,52,53)(H,54,55,56). The Hall–Kier alpha value is -3.24. The minimum absolute atomic E-state index is 0.00111. The molecule has 2 atom stereocenters. The van der Waals surface area contributed by atoms with Crippen molar-refractivity contribution in [3.05, 3.63) is 47.5 Å². The molecule has 2 aromatic carbocycles. The van der Waals surface area contributed by atoms with Crippen LogP contribution in [0, 0.1) is 0 Å². The van der Waals surface area contributed by atoms with Crippen molar-refractivity contribution in [2.24, 2.45) is 0 Å². The van der Waals surface area contributed by atoms with Crippen molar-refractivity contribution in [2.75, 3.05) is 42.5 Å². The van der Waals surface area contributed by atoms with Gasteiger partial charge in [0.15, 0.2) is 0 Å². The topological polar surface area (TPSA) is 185 Å². The minimum Gasteiger partial charge on any atom is -0.368 e. The molecule has 15 heteroatoms. The number of rotatable bonds is 22. The average molecular weight is 848 g/mol. The molecule has 0 fully saturated rings. The molecule has 2 amide bonds. The van der Waals surface area contributed by atoms with Crippen molar-refractivity contribution in [3.63, 3.8) is 0 Å². The molecule has 0 saturated heterocycles. The fourth-order valence-electron chi connectivity index (χ4n) is 8.88. The van der Waals surface area contributed by atoms with Crippen LogP contribution < -0.4 is 25.8 Å². The van der Waals surface area contributed by atoms with Crippen LogP contribution in [0.2, 0.25) is 0 Å². The predicted octanol–water partition coefficient (Wildman–Crippen LogP) is 6.74. The van der Waals surface area contributed by atoms with Gasteiger partial charge in [-0.1, -0.05) is 53.0 Å². The lowest BCUT2D eigenvalue weighted by molar-refractivity contribution is -0.121. The van der Waals surface area contributed by atoms with Gasteiger partial charge in [0.1, 0.15) is 0 Å². The number of nitrogens with zero attached hydrogens (tertiary/aromatic N) is 2. The van der Waals surface area contributed by atoms with Crippen LogP contribution in [0.15, 0.2) is 46.2 Å². The number of likely N-dealkylation sites (N-methyl/N-ethyl adjacent to an activating group) is 1. The minimum atomic E-state index is -4.40. The highest BCUT2D eigenvalue weighted by Crippen LogP contribution is 2.50. The molecule has 4 rings (SSSR count). The number of nitrogens with one attached hydrogen (secondary N) is 3. The summed E-state index contributed by atoms with van der Waals surface area (Å²) in [4.78, 5) is 28.9. The normalized spacial score (nSPS) is 18.6. The summed E-state index contributed by atoms with van der Waals surface area (Å²) >= 11 is 0. The summed E-state index contributed by atoms with van der Waals surface area (Å²) in [6.07, 6.45) is 9.08. The second-order valence-electron chi connectivity index (χ2n) is 18.2. The lowest BCUT2D eigenvalue weighted by atomic mass is 9.76. The molecule has 2 unspecified atom stereocenters. The number of amides is 2. The van der Waals surface area contributed by atoms with Crippen LogP contribution in [0.1, 0.15) is 137 Å². The Bertz CT molecular complexity index is 1960. The molecule has 0 radical (unpaired) electrons. The molecule has 2 aliphatic heterocycles. The Morgan fingerprint density at radius 2 is 1.21 bits per heavy atom. The monoisotopic (exact) mass is 847 g/mol. The van der Waals surface area contributed by atoms with Crippen LogP contribution in [-0.4, -0.2) is 88.1 Å². The van der Waals surface area contributed by atoms with E-state index in [9.17, 15) is 35.5 Å². The smallest absolute Gasteiger partial charge is 0.294 e. The maximum absolute atomic E-state index is 12.6. The van der Waals surface area contributed by atoms with Crippen molar-refractivity contribution in [1.29, 1.82) is 0 Å². The van der Waals surface area contributed by atoms with E-state index in [-0.39, 0.29) is 50.1 Å². The molecule has 13 nitrogen and oxygen atoms in total. The summed E-state index contributed by atoms with van der Waals surface area (Å²) in [5, 5.41) is 9.15. The predicted molar refractivity (Wildman–Crippen MR) is 231 cm³/mol. The van der Waals surface area contributed by atoms with E-state index in [1.807, 2.05) is 26.8 Å². The van der Waals surface area contributed by atoms with E-state index in [0.717, 1.165) is 93.3 Å². The first-order valence-electron chi connectivity index (χ1n) is 21.0. The van der Waals surface area contributed by atoms with E-state index < -0.39 is 20.2 Å². The number of hydrogen-bond donors (Lipinski definition) is 5. The molecule has 0 spiro atoms. The number of fused-ring (bicyclic) bond motifs is 2. The highest BCUT2D eigenvalue weighted by molar-refractivity contribution is 7.86. The Labute approximate surface area is 348 Å². The summed E-state index contributed by atoms with van der Waals surface area (Å²) in [6, 6.07) is 9.89. The summed E-state index contributed by atoms with van der Waals surface area (Å²) in [5.41, 5.74) is 2.93. The van der Waals surface area contributed by atoms with Crippen LogP contribution in [0.25, 0.3) is 0 Å². The molecule has 0 aliphatic carbocycles. The average Bonchev–Trinajstić information content (AvgIpc) is 3.48. The largest absolute Gasteiger partial charge is 0.368 e. The molecule has 0 saturated carbocycles. The van der Waals surface area contributed by atoms with E-state index in [1.165, 1.54) is 12.1 Å². The molecule has 2 aromatic rings. The lowest BCUT2D eigenvalue weighted by Gasteiger charge is -2.37. The molecule has 0 bridgehead atoms. The third-order valence-electron chi connectivity index (χ3n) is 12.1. The van der Waals surface area contributed by atoms with Crippen molar-refractivity contribution >= 4 is 43.4 Å². The molecule has 58 heavy (non-hydrogen) atoms. The lowest BCUT2D eigenvalue weighted by Crippen LogP contribution is -2.44. The van der Waals surface area contributed by atoms with Crippen molar-refractivity contribution < 1.29 is 35.5 Å².